The molecule has 1 aliphatic rings. The van der Waals surface area contributed by atoms with Crippen molar-refractivity contribution in [1.82, 2.24) is 5.32 Å². The lowest BCUT2D eigenvalue weighted by Crippen LogP contribution is -2.33. The standard InChI is InChI=1S/C14H20ClNO/c1-10(2)14(11-7-8-16-9-11)17-13-5-3-12(15)4-6-13/h3-6,10-11,14,16H,7-9H2,1-2H3/t11-,14?/m0/s1. The van der Waals surface area contributed by atoms with E-state index in [1.54, 1.807) is 0 Å². The van der Waals surface area contributed by atoms with Crippen LogP contribution in [0.5, 0.6) is 5.75 Å². The van der Waals surface area contributed by atoms with Gasteiger partial charge >= 0.3 is 0 Å². The minimum absolute atomic E-state index is 0.283. The van der Waals surface area contributed by atoms with Gasteiger partial charge in [-0.1, -0.05) is 25.4 Å². The van der Waals surface area contributed by atoms with Crippen LogP contribution in [0, 0.1) is 11.8 Å². The average molecular weight is 254 g/mol. The Kier molecular flexibility index (Phi) is 4.30. The van der Waals surface area contributed by atoms with E-state index >= 15 is 0 Å². The zero-order chi connectivity index (χ0) is 12.3. The van der Waals surface area contributed by atoms with Crippen molar-refractivity contribution in [2.24, 2.45) is 11.8 Å². The molecule has 0 amide bonds. The van der Waals surface area contributed by atoms with Crippen LogP contribution in [-0.4, -0.2) is 19.2 Å². The summed E-state index contributed by atoms with van der Waals surface area (Å²) in [4.78, 5) is 0. The van der Waals surface area contributed by atoms with E-state index in [2.05, 4.69) is 19.2 Å². The first-order valence-corrected chi connectivity index (χ1v) is 6.67. The Hall–Kier alpha value is -0.730. The van der Waals surface area contributed by atoms with Gasteiger partial charge in [0, 0.05) is 17.5 Å². The Balaban J connectivity index is 2.04. The molecule has 0 aromatic heterocycles. The molecule has 2 nitrogen and oxygen atoms in total. The minimum Gasteiger partial charge on any atom is -0.490 e. The van der Waals surface area contributed by atoms with Crippen LogP contribution in [-0.2, 0) is 0 Å². The van der Waals surface area contributed by atoms with Crippen LogP contribution in [0.3, 0.4) is 0 Å². The number of rotatable bonds is 4. The molecule has 17 heavy (non-hydrogen) atoms. The molecule has 0 aliphatic carbocycles. The Morgan fingerprint density at radius 3 is 2.53 bits per heavy atom. The third-order valence-corrected chi connectivity index (χ3v) is 3.56. The van der Waals surface area contributed by atoms with Crippen LogP contribution in [0.2, 0.25) is 5.02 Å². The smallest absolute Gasteiger partial charge is 0.119 e. The Morgan fingerprint density at radius 1 is 1.29 bits per heavy atom. The number of ether oxygens (including phenoxy) is 1. The van der Waals surface area contributed by atoms with E-state index in [1.165, 1.54) is 6.42 Å². The van der Waals surface area contributed by atoms with Gasteiger partial charge in [0.2, 0.25) is 0 Å². The number of hydrogen-bond donors (Lipinski definition) is 1. The number of halogens is 1. The molecule has 3 heteroatoms. The second kappa shape index (κ2) is 5.74. The molecule has 0 radical (unpaired) electrons. The fourth-order valence-electron chi connectivity index (χ4n) is 2.40. The molecule has 94 valence electrons. The molecule has 2 atom stereocenters. The van der Waals surface area contributed by atoms with E-state index < -0.39 is 0 Å². The van der Waals surface area contributed by atoms with E-state index in [-0.39, 0.29) is 6.10 Å². The van der Waals surface area contributed by atoms with E-state index in [0.29, 0.717) is 11.8 Å². The zero-order valence-electron chi connectivity index (χ0n) is 10.4. The Labute approximate surface area is 108 Å². The third-order valence-electron chi connectivity index (χ3n) is 3.31. The first-order valence-electron chi connectivity index (χ1n) is 6.30. The van der Waals surface area contributed by atoms with Gasteiger partial charge < -0.3 is 10.1 Å². The van der Waals surface area contributed by atoms with E-state index in [9.17, 15) is 0 Å². The van der Waals surface area contributed by atoms with Crippen molar-refractivity contribution in [2.75, 3.05) is 13.1 Å². The van der Waals surface area contributed by atoms with Crippen molar-refractivity contribution in [3.8, 4) is 5.75 Å². The van der Waals surface area contributed by atoms with Crippen LogP contribution in [0.4, 0.5) is 0 Å². The monoisotopic (exact) mass is 253 g/mol. The van der Waals surface area contributed by atoms with Crippen LogP contribution in [0.1, 0.15) is 20.3 Å². The van der Waals surface area contributed by atoms with Gasteiger partial charge in [0.15, 0.2) is 0 Å². The lowest BCUT2D eigenvalue weighted by molar-refractivity contribution is 0.0973. The van der Waals surface area contributed by atoms with E-state index in [0.717, 1.165) is 23.9 Å². The number of benzene rings is 1. The maximum atomic E-state index is 6.12. The molecular weight excluding hydrogens is 234 g/mol. The Morgan fingerprint density at radius 2 is 2.00 bits per heavy atom. The van der Waals surface area contributed by atoms with Crippen molar-refractivity contribution in [3.63, 3.8) is 0 Å². The molecule has 2 rings (SSSR count). The summed E-state index contributed by atoms with van der Waals surface area (Å²) in [6.07, 6.45) is 1.49. The van der Waals surface area contributed by atoms with Gasteiger partial charge in [-0.3, -0.25) is 0 Å². The summed E-state index contributed by atoms with van der Waals surface area (Å²) in [6, 6.07) is 7.64. The molecule has 1 N–H and O–H groups in total. The highest BCUT2D eigenvalue weighted by molar-refractivity contribution is 6.30. The van der Waals surface area contributed by atoms with Gasteiger partial charge in [-0.05, 0) is 43.1 Å². The Bertz CT molecular complexity index is 344. The molecule has 1 aromatic rings. The van der Waals surface area contributed by atoms with Crippen molar-refractivity contribution < 1.29 is 4.74 Å². The van der Waals surface area contributed by atoms with Crippen LogP contribution >= 0.6 is 11.6 Å². The van der Waals surface area contributed by atoms with Crippen molar-refractivity contribution in [1.29, 1.82) is 0 Å². The SMILES string of the molecule is CC(C)C(Oc1ccc(Cl)cc1)[C@H]1CCNC1. The number of nitrogens with one attached hydrogen (secondary N) is 1. The van der Waals surface area contributed by atoms with Crippen LogP contribution in [0.25, 0.3) is 0 Å². The topological polar surface area (TPSA) is 21.3 Å². The maximum absolute atomic E-state index is 6.12. The summed E-state index contributed by atoms with van der Waals surface area (Å²) < 4.78 is 6.12. The highest BCUT2D eigenvalue weighted by atomic mass is 35.5. The third kappa shape index (κ3) is 3.36. The van der Waals surface area contributed by atoms with Gasteiger partial charge in [0.05, 0.1) is 0 Å². The second-order valence-electron chi connectivity index (χ2n) is 5.03. The molecule has 1 fully saturated rings. The van der Waals surface area contributed by atoms with Crippen LogP contribution < -0.4 is 10.1 Å². The summed E-state index contributed by atoms with van der Waals surface area (Å²) in [5, 5.41) is 4.15. The molecular formula is C14H20ClNO. The predicted molar refractivity (Wildman–Crippen MR) is 71.7 cm³/mol. The van der Waals surface area contributed by atoms with Gasteiger partial charge in [0.1, 0.15) is 11.9 Å². The summed E-state index contributed by atoms with van der Waals surface area (Å²) >= 11 is 5.87. The van der Waals surface area contributed by atoms with Crippen LogP contribution in [0.15, 0.2) is 24.3 Å². The lowest BCUT2D eigenvalue weighted by Gasteiger charge is -2.27. The highest BCUT2D eigenvalue weighted by Gasteiger charge is 2.28. The van der Waals surface area contributed by atoms with E-state index in [1.807, 2.05) is 24.3 Å². The summed E-state index contributed by atoms with van der Waals surface area (Å²) in [7, 11) is 0. The average Bonchev–Trinajstić information content (AvgIpc) is 2.81. The molecule has 1 unspecified atom stereocenters. The molecule has 1 heterocycles. The predicted octanol–water partition coefficient (Wildman–Crippen LogP) is 3.35. The minimum atomic E-state index is 0.283. The lowest BCUT2D eigenvalue weighted by atomic mass is 9.92. The molecule has 0 saturated carbocycles. The summed E-state index contributed by atoms with van der Waals surface area (Å²) in [6.45, 7) is 6.62. The fraction of sp³-hybridized carbons (Fsp3) is 0.571. The van der Waals surface area contributed by atoms with Crippen molar-refractivity contribution >= 4 is 11.6 Å². The molecule has 1 aliphatic heterocycles. The van der Waals surface area contributed by atoms with Crippen molar-refractivity contribution in [3.05, 3.63) is 29.3 Å². The maximum Gasteiger partial charge on any atom is 0.119 e. The van der Waals surface area contributed by atoms with Gasteiger partial charge in [-0.15, -0.1) is 0 Å². The second-order valence-corrected chi connectivity index (χ2v) is 5.47. The van der Waals surface area contributed by atoms with E-state index in [4.69, 9.17) is 16.3 Å². The quantitative estimate of drug-likeness (QED) is 0.889. The van der Waals surface area contributed by atoms with Gasteiger partial charge in [-0.2, -0.15) is 0 Å². The largest absolute Gasteiger partial charge is 0.490 e. The summed E-state index contributed by atoms with van der Waals surface area (Å²) in [5.74, 6) is 2.06. The fourth-order valence-corrected chi connectivity index (χ4v) is 2.53. The molecule has 0 bridgehead atoms. The number of hydrogen-bond acceptors (Lipinski definition) is 2. The van der Waals surface area contributed by atoms with Gasteiger partial charge in [-0.25, -0.2) is 0 Å². The first-order chi connectivity index (χ1) is 8.16. The molecule has 0 spiro atoms. The normalized spacial score (nSPS) is 21.8. The highest BCUT2D eigenvalue weighted by Crippen LogP contribution is 2.25. The molecule has 1 aromatic carbocycles. The molecule has 1 saturated heterocycles. The van der Waals surface area contributed by atoms with Gasteiger partial charge in [0.25, 0.3) is 0 Å². The van der Waals surface area contributed by atoms with Crippen molar-refractivity contribution in [2.45, 2.75) is 26.4 Å². The summed E-state index contributed by atoms with van der Waals surface area (Å²) in [5.41, 5.74) is 0. The zero-order valence-corrected chi connectivity index (χ0v) is 11.2. The first kappa shape index (κ1) is 12.7.